The fraction of sp³-hybridized carbons (Fsp3) is 0.680. The fourth-order valence-corrected chi connectivity index (χ4v) is 5.29. The Bertz CT molecular complexity index is 677. The van der Waals surface area contributed by atoms with Gasteiger partial charge in [0.2, 0.25) is 0 Å². The molecule has 1 rings (SSSR count). The summed E-state index contributed by atoms with van der Waals surface area (Å²) in [5.41, 5.74) is 3.45. The summed E-state index contributed by atoms with van der Waals surface area (Å²) in [7, 11) is 0. The van der Waals surface area contributed by atoms with Crippen LogP contribution in [0.15, 0.2) is 18.2 Å². The van der Waals surface area contributed by atoms with E-state index in [9.17, 15) is 0 Å². The Labute approximate surface area is 235 Å². The first kappa shape index (κ1) is 31.4. The molecule has 8 heteroatoms. The zero-order valence-electron chi connectivity index (χ0n) is 20.0. The van der Waals surface area contributed by atoms with Gasteiger partial charge in [-0.1, -0.05) is 36.6 Å². The molecule has 188 valence electrons. The largest absolute Gasteiger partial charge is 0.362 e. The molecule has 0 aromatic heterocycles. The van der Waals surface area contributed by atoms with E-state index >= 15 is 0 Å². The number of thiocarbonyl (C=S) groups is 2. The second-order valence-electron chi connectivity index (χ2n) is 8.34. The number of nitrogens with zero attached hydrogens (tertiary/aromatic N) is 2. The van der Waals surface area contributed by atoms with Gasteiger partial charge in [-0.2, -0.15) is 50.5 Å². The summed E-state index contributed by atoms with van der Waals surface area (Å²) in [6, 6.07) is 6.54. The van der Waals surface area contributed by atoms with Gasteiger partial charge in [0.05, 0.1) is 0 Å². The maximum Gasteiger partial charge on any atom is 0.109 e. The van der Waals surface area contributed by atoms with Gasteiger partial charge in [-0.05, 0) is 92.9 Å². The third kappa shape index (κ3) is 12.3. The molecule has 1 aromatic carbocycles. The van der Waals surface area contributed by atoms with Crippen molar-refractivity contribution in [3.63, 3.8) is 0 Å². The molecule has 0 saturated carbocycles. The SMILES string of the molecule is Cc1cc(C(=S)N(CCCCS)CCCCS)ccc1C(=S)N(CCCCS)CCCCS. The van der Waals surface area contributed by atoms with Crippen LogP contribution < -0.4 is 0 Å². The van der Waals surface area contributed by atoms with Crippen LogP contribution in [0.3, 0.4) is 0 Å². The molecule has 0 unspecified atom stereocenters. The average Bonchev–Trinajstić information content (AvgIpc) is 2.81. The van der Waals surface area contributed by atoms with E-state index in [4.69, 9.17) is 24.4 Å². The lowest BCUT2D eigenvalue weighted by molar-refractivity contribution is 0.405. The maximum atomic E-state index is 5.96. The van der Waals surface area contributed by atoms with E-state index in [2.05, 4.69) is 85.4 Å². The molecular weight excluding hydrogens is 521 g/mol. The predicted octanol–water partition coefficient (Wildman–Crippen LogP) is 6.79. The summed E-state index contributed by atoms with van der Waals surface area (Å²) in [5, 5.41) is 0. The van der Waals surface area contributed by atoms with Gasteiger partial charge in [-0.25, -0.2) is 0 Å². The van der Waals surface area contributed by atoms with Crippen molar-refractivity contribution in [2.45, 2.75) is 58.3 Å². The molecule has 0 heterocycles. The van der Waals surface area contributed by atoms with Crippen LogP contribution in [-0.4, -0.2) is 69.0 Å². The first-order valence-electron chi connectivity index (χ1n) is 12.1. The van der Waals surface area contributed by atoms with Crippen molar-refractivity contribution in [1.29, 1.82) is 0 Å². The fourth-order valence-electron chi connectivity index (χ4n) is 3.68. The zero-order valence-corrected chi connectivity index (χ0v) is 25.3. The van der Waals surface area contributed by atoms with E-state index in [-0.39, 0.29) is 0 Å². The second-order valence-corrected chi connectivity index (χ2v) is 10.9. The van der Waals surface area contributed by atoms with E-state index < -0.39 is 0 Å². The van der Waals surface area contributed by atoms with Crippen molar-refractivity contribution in [3.8, 4) is 0 Å². The van der Waals surface area contributed by atoms with Crippen molar-refractivity contribution in [3.05, 3.63) is 34.9 Å². The van der Waals surface area contributed by atoms with Crippen LogP contribution in [0.2, 0.25) is 0 Å². The monoisotopic (exact) mass is 562 g/mol. The van der Waals surface area contributed by atoms with Crippen LogP contribution in [0, 0.1) is 6.92 Å². The number of rotatable bonds is 18. The van der Waals surface area contributed by atoms with Crippen molar-refractivity contribution >= 4 is 84.9 Å². The van der Waals surface area contributed by atoms with E-state index in [0.29, 0.717) is 0 Å². The highest BCUT2D eigenvalue weighted by Crippen LogP contribution is 2.19. The second kappa shape index (κ2) is 19.6. The molecule has 0 fully saturated rings. The van der Waals surface area contributed by atoms with E-state index in [1.165, 1.54) is 5.56 Å². The number of benzene rings is 1. The van der Waals surface area contributed by atoms with Gasteiger partial charge in [-0.3, -0.25) is 0 Å². The summed E-state index contributed by atoms with van der Waals surface area (Å²) in [5.74, 6) is 3.67. The summed E-state index contributed by atoms with van der Waals surface area (Å²) in [6.45, 7) is 6.08. The number of thiol groups is 4. The quantitative estimate of drug-likeness (QED) is 0.0888. The highest BCUT2D eigenvalue weighted by Gasteiger charge is 2.16. The van der Waals surface area contributed by atoms with Gasteiger partial charge in [0.15, 0.2) is 0 Å². The zero-order chi connectivity index (χ0) is 24.5. The molecule has 0 saturated heterocycles. The Hall–Kier alpha value is 0.400. The lowest BCUT2D eigenvalue weighted by atomic mass is 10.0. The smallest absolute Gasteiger partial charge is 0.109 e. The Kier molecular flexibility index (Phi) is 18.6. The molecule has 0 bridgehead atoms. The molecule has 0 radical (unpaired) electrons. The summed E-state index contributed by atoms with van der Waals surface area (Å²) in [6.07, 6.45) is 8.88. The van der Waals surface area contributed by atoms with Crippen LogP contribution in [0.5, 0.6) is 0 Å². The lowest BCUT2D eigenvalue weighted by Gasteiger charge is -2.28. The Morgan fingerprint density at radius 3 is 1.39 bits per heavy atom. The molecule has 0 N–H and O–H groups in total. The molecule has 0 spiro atoms. The minimum absolute atomic E-state index is 0.918. The topological polar surface area (TPSA) is 6.48 Å². The van der Waals surface area contributed by atoms with E-state index in [1.54, 1.807) is 0 Å². The molecule has 0 aliphatic heterocycles. The van der Waals surface area contributed by atoms with Gasteiger partial charge in [-0.15, -0.1) is 0 Å². The van der Waals surface area contributed by atoms with Crippen molar-refractivity contribution < 1.29 is 0 Å². The minimum Gasteiger partial charge on any atom is -0.362 e. The van der Waals surface area contributed by atoms with Crippen LogP contribution >= 0.6 is 75.0 Å². The standard InChI is InChI=1S/C25H42N2S6/c1-21-20-22(24(32)26(12-2-6-16-28)13-3-7-17-29)10-11-23(21)25(33)27(14-4-8-18-30)15-5-9-19-31/h10-11,20,28-31H,2-9,12-19H2,1H3. The highest BCUT2D eigenvalue weighted by atomic mass is 32.1. The van der Waals surface area contributed by atoms with Crippen molar-refractivity contribution in [1.82, 2.24) is 9.80 Å². The average molecular weight is 563 g/mol. The Balaban J connectivity index is 2.96. The van der Waals surface area contributed by atoms with Gasteiger partial charge in [0.1, 0.15) is 9.98 Å². The molecule has 0 amide bonds. The van der Waals surface area contributed by atoms with Crippen molar-refractivity contribution in [2.75, 3.05) is 49.2 Å². The van der Waals surface area contributed by atoms with Crippen molar-refractivity contribution in [2.24, 2.45) is 0 Å². The molecule has 0 atom stereocenters. The van der Waals surface area contributed by atoms with Gasteiger partial charge < -0.3 is 9.80 Å². The van der Waals surface area contributed by atoms with Crippen LogP contribution in [0.1, 0.15) is 68.1 Å². The maximum absolute atomic E-state index is 5.96. The summed E-state index contributed by atoms with van der Waals surface area (Å²) < 4.78 is 0. The van der Waals surface area contributed by atoms with Crippen LogP contribution in [-0.2, 0) is 0 Å². The number of hydrogen-bond donors (Lipinski definition) is 4. The Morgan fingerprint density at radius 1 is 0.636 bits per heavy atom. The predicted molar refractivity (Wildman–Crippen MR) is 170 cm³/mol. The molecule has 0 aliphatic rings. The van der Waals surface area contributed by atoms with E-state index in [0.717, 1.165) is 122 Å². The number of hydrogen-bond acceptors (Lipinski definition) is 6. The van der Waals surface area contributed by atoms with Gasteiger partial charge >= 0.3 is 0 Å². The molecular formula is C25H42N2S6. The molecule has 33 heavy (non-hydrogen) atoms. The van der Waals surface area contributed by atoms with Crippen LogP contribution in [0.4, 0.5) is 0 Å². The third-order valence-electron chi connectivity index (χ3n) is 5.62. The third-order valence-corrected chi connectivity index (χ3v) is 7.86. The minimum atomic E-state index is 0.918. The number of aryl methyl sites for hydroxylation is 1. The molecule has 1 aromatic rings. The lowest BCUT2D eigenvalue weighted by Crippen LogP contribution is -2.34. The first-order chi connectivity index (χ1) is 16.0. The normalized spacial score (nSPS) is 10.9. The molecule has 0 aliphatic carbocycles. The first-order valence-corrected chi connectivity index (χ1v) is 15.5. The highest BCUT2D eigenvalue weighted by molar-refractivity contribution is 7.81. The van der Waals surface area contributed by atoms with E-state index in [1.807, 2.05) is 0 Å². The van der Waals surface area contributed by atoms with Gasteiger partial charge in [0, 0.05) is 37.3 Å². The summed E-state index contributed by atoms with van der Waals surface area (Å²) >= 11 is 29.3. The van der Waals surface area contributed by atoms with Gasteiger partial charge in [0.25, 0.3) is 0 Å². The summed E-state index contributed by atoms with van der Waals surface area (Å²) in [4.78, 5) is 6.61. The Morgan fingerprint density at radius 2 is 1.03 bits per heavy atom. The molecule has 2 nitrogen and oxygen atoms in total. The number of unbranched alkanes of at least 4 members (excludes halogenated alkanes) is 4. The van der Waals surface area contributed by atoms with Crippen LogP contribution in [0.25, 0.3) is 0 Å².